The summed E-state index contributed by atoms with van der Waals surface area (Å²) in [5.74, 6) is -0.498. The van der Waals surface area contributed by atoms with E-state index in [0.29, 0.717) is 42.3 Å². The maximum absolute atomic E-state index is 13.6. The van der Waals surface area contributed by atoms with Gasteiger partial charge in [-0.05, 0) is 75.2 Å². The maximum atomic E-state index is 13.6. The minimum atomic E-state index is -0.359. The Labute approximate surface area is 280 Å². The second-order valence-electron chi connectivity index (χ2n) is 13.1. The van der Waals surface area contributed by atoms with Gasteiger partial charge in [0.1, 0.15) is 12.0 Å². The van der Waals surface area contributed by atoms with Gasteiger partial charge in [-0.25, -0.2) is 4.98 Å². The van der Waals surface area contributed by atoms with Crippen molar-refractivity contribution in [3.05, 3.63) is 45.9 Å². The van der Waals surface area contributed by atoms with Crippen molar-refractivity contribution in [1.82, 2.24) is 20.5 Å². The molecule has 1 aromatic heterocycles. The third-order valence-corrected chi connectivity index (χ3v) is 10.3. The Morgan fingerprint density at radius 2 is 2.00 bits per heavy atom. The standard InChI is InChI=1S/C35H52N4O4S2/c1-7-24(5)28(19-32(41)31-12-9-15-39(31)6)34(42)38-29(22(2)3)13-14-33-37-30(21-45-33)35(43)36-26(16-23(4)20-40)17-25-10-8-11-27(44)18-25/h8,10-11,18,20-24,26,28-29,31,44H,7,9,12-17,19H2,1-6H3,(H,36,43)(H,38,42)/i11T. The van der Waals surface area contributed by atoms with Gasteiger partial charge in [-0.1, -0.05) is 53.2 Å². The first-order chi connectivity index (χ1) is 21.8. The second kappa shape index (κ2) is 18.0. The number of rotatable bonds is 18. The van der Waals surface area contributed by atoms with E-state index in [4.69, 9.17) is 1.37 Å². The first-order valence-electron chi connectivity index (χ1n) is 16.8. The van der Waals surface area contributed by atoms with Crippen LogP contribution in [0.25, 0.3) is 0 Å². The molecule has 0 bridgehead atoms. The lowest BCUT2D eigenvalue weighted by Crippen LogP contribution is -2.45. The number of likely N-dealkylation sites (N-methyl/N-ethyl adjacent to an activating group) is 1. The summed E-state index contributed by atoms with van der Waals surface area (Å²) >= 11 is 5.77. The van der Waals surface area contributed by atoms with E-state index in [-0.39, 0.29) is 65.8 Å². The van der Waals surface area contributed by atoms with Crippen molar-refractivity contribution in [3.63, 3.8) is 0 Å². The van der Waals surface area contributed by atoms with Gasteiger partial charge in [0.2, 0.25) is 5.91 Å². The van der Waals surface area contributed by atoms with Crippen molar-refractivity contribution < 1.29 is 20.5 Å². The monoisotopic (exact) mass is 658 g/mol. The molecule has 0 aliphatic carbocycles. The zero-order valence-corrected chi connectivity index (χ0v) is 29.4. The highest BCUT2D eigenvalue weighted by Crippen LogP contribution is 2.26. The Morgan fingerprint density at radius 3 is 2.62 bits per heavy atom. The van der Waals surface area contributed by atoms with Crippen molar-refractivity contribution in [2.24, 2.45) is 23.7 Å². The smallest absolute Gasteiger partial charge is 0.270 e. The normalized spacial score (nSPS) is 18.9. The second-order valence-corrected chi connectivity index (χ2v) is 14.6. The van der Waals surface area contributed by atoms with E-state index >= 15 is 0 Å². The molecular weight excluding hydrogens is 605 g/mol. The summed E-state index contributed by atoms with van der Waals surface area (Å²) in [5.41, 5.74) is 1.26. The molecule has 45 heavy (non-hydrogen) atoms. The van der Waals surface area contributed by atoms with Crippen LogP contribution in [0.3, 0.4) is 0 Å². The molecule has 1 fully saturated rings. The minimum Gasteiger partial charge on any atom is -0.353 e. The van der Waals surface area contributed by atoms with Crippen molar-refractivity contribution in [3.8, 4) is 0 Å². The Hall–Kier alpha value is -2.56. The van der Waals surface area contributed by atoms with Crippen LogP contribution < -0.4 is 10.6 Å². The number of carbonyl (C=O) groups is 4. The number of Topliss-reactive ketones (excluding diaryl/α,β-unsaturated/α-hetero) is 1. The number of carbonyl (C=O) groups excluding carboxylic acids is 4. The number of aryl methyl sites for hydroxylation is 1. The molecule has 0 radical (unpaired) electrons. The minimum absolute atomic E-state index is 0.0562. The molecule has 6 unspecified atom stereocenters. The van der Waals surface area contributed by atoms with Crippen LogP contribution in [0.2, 0.25) is 0 Å². The van der Waals surface area contributed by atoms with Crippen LogP contribution in [0.5, 0.6) is 0 Å². The summed E-state index contributed by atoms with van der Waals surface area (Å²) in [5, 5.41) is 8.88. The number of thiazole rings is 1. The molecule has 0 spiro atoms. The molecule has 2 amide bonds. The van der Waals surface area contributed by atoms with Gasteiger partial charge < -0.3 is 15.4 Å². The number of amides is 2. The molecule has 2 N–H and O–H groups in total. The number of likely N-dealkylation sites (tertiary alicyclic amines) is 1. The number of thiol groups is 1. The van der Waals surface area contributed by atoms with E-state index in [1.165, 1.54) is 11.3 Å². The fourth-order valence-corrected chi connectivity index (χ4v) is 7.08. The Balaban J connectivity index is 1.62. The summed E-state index contributed by atoms with van der Waals surface area (Å²) in [6.45, 7) is 11.0. The quantitative estimate of drug-likeness (QED) is 0.138. The molecule has 248 valence electrons. The number of ketones is 1. The van der Waals surface area contributed by atoms with Crippen molar-refractivity contribution in [2.75, 3.05) is 13.6 Å². The van der Waals surface area contributed by atoms with Crippen LogP contribution in [0.1, 0.15) is 95.6 Å². The lowest BCUT2D eigenvalue weighted by atomic mass is 9.84. The van der Waals surface area contributed by atoms with E-state index in [1.807, 2.05) is 26.1 Å². The Bertz CT molecular complexity index is 1340. The van der Waals surface area contributed by atoms with Crippen LogP contribution >= 0.6 is 24.0 Å². The lowest BCUT2D eigenvalue weighted by Gasteiger charge is -2.29. The molecule has 1 aromatic carbocycles. The van der Waals surface area contributed by atoms with Gasteiger partial charge >= 0.3 is 0 Å². The van der Waals surface area contributed by atoms with E-state index in [1.54, 1.807) is 11.4 Å². The Kier molecular flexibility index (Phi) is 14.1. The van der Waals surface area contributed by atoms with Crippen LogP contribution in [0.15, 0.2) is 34.5 Å². The van der Waals surface area contributed by atoms with Crippen molar-refractivity contribution >= 4 is 47.8 Å². The molecule has 1 aliphatic heterocycles. The molecule has 1 saturated heterocycles. The summed E-state index contributed by atoms with van der Waals surface area (Å²) in [6, 6.07) is 5.20. The number of aldehydes is 1. The third kappa shape index (κ3) is 11.3. The van der Waals surface area contributed by atoms with Gasteiger partial charge in [-0.2, -0.15) is 0 Å². The summed E-state index contributed by atoms with van der Waals surface area (Å²) < 4.78 is 7.86. The van der Waals surface area contributed by atoms with Crippen molar-refractivity contribution in [1.29, 1.82) is 0 Å². The predicted octanol–water partition coefficient (Wildman–Crippen LogP) is 5.79. The van der Waals surface area contributed by atoms with E-state index in [0.717, 1.165) is 42.7 Å². The zero-order chi connectivity index (χ0) is 34.0. The summed E-state index contributed by atoms with van der Waals surface area (Å²) in [7, 11) is 1.99. The van der Waals surface area contributed by atoms with Crippen LogP contribution in [-0.2, 0) is 27.2 Å². The molecule has 1 aliphatic rings. The number of benzene rings is 1. The highest BCUT2D eigenvalue weighted by Gasteiger charge is 2.34. The molecule has 10 heteroatoms. The lowest BCUT2D eigenvalue weighted by molar-refractivity contribution is -0.133. The molecule has 0 saturated carbocycles. The number of nitrogens with one attached hydrogen (secondary N) is 2. The fourth-order valence-electron chi connectivity index (χ4n) is 6.05. The Morgan fingerprint density at radius 1 is 1.24 bits per heavy atom. The molecule has 8 nitrogen and oxygen atoms in total. The van der Waals surface area contributed by atoms with Crippen LogP contribution in [0.4, 0.5) is 0 Å². The molecule has 3 rings (SSSR count). The SMILES string of the molecule is [3H]c1ccc(CC(CC(C)C=O)NC(=O)c2csc(CCC(NC(=O)C(CC(=O)C3CCCN3C)C(C)CC)C(C)C)n2)cc1S. The molecule has 6 atom stereocenters. The van der Waals surface area contributed by atoms with Gasteiger partial charge in [0, 0.05) is 47.0 Å². The number of aromatic nitrogens is 1. The highest BCUT2D eigenvalue weighted by atomic mass is 32.1. The first kappa shape index (κ1) is 35.3. The maximum Gasteiger partial charge on any atom is 0.270 e. The first-order valence-corrected chi connectivity index (χ1v) is 17.7. The molecule has 2 heterocycles. The number of hydrogen-bond acceptors (Lipinski definition) is 8. The molecular formula is C35H52N4O4S2. The van der Waals surface area contributed by atoms with Gasteiger partial charge in [-0.3, -0.25) is 19.3 Å². The average Bonchev–Trinajstić information content (AvgIpc) is 3.68. The van der Waals surface area contributed by atoms with Crippen molar-refractivity contribution in [2.45, 2.75) is 109 Å². The average molecular weight is 659 g/mol. The topological polar surface area (TPSA) is 108 Å². The third-order valence-electron chi connectivity index (χ3n) is 9.12. The number of nitrogens with zero attached hydrogens (tertiary/aromatic N) is 2. The van der Waals surface area contributed by atoms with Crippen LogP contribution in [-0.4, -0.2) is 65.5 Å². The van der Waals surface area contributed by atoms with Gasteiger partial charge in [-0.15, -0.1) is 24.0 Å². The van der Waals surface area contributed by atoms with E-state index in [2.05, 4.69) is 60.8 Å². The van der Waals surface area contributed by atoms with Gasteiger partial charge in [0.15, 0.2) is 5.78 Å². The zero-order valence-electron chi connectivity index (χ0n) is 28.7. The predicted molar refractivity (Wildman–Crippen MR) is 184 cm³/mol. The van der Waals surface area contributed by atoms with Gasteiger partial charge in [0.05, 0.1) is 12.4 Å². The van der Waals surface area contributed by atoms with Crippen LogP contribution in [0, 0.1) is 23.7 Å². The largest absolute Gasteiger partial charge is 0.353 e. The summed E-state index contributed by atoms with van der Waals surface area (Å²) in [6.07, 6.45) is 6.12. The summed E-state index contributed by atoms with van der Waals surface area (Å²) in [4.78, 5) is 58.6. The van der Waals surface area contributed by atoms with Gasteiger partial charge in [0.25, 0.3) is 5.91 Å². The van der Waals surface area contributed by atoms with E-state index < -0.39 is 0 Å². The van der Waals surface area contributed by atoms with E-state index in [9.17, 15) is 19.2 Å². The molecule has 2 aromatic rings. The fraction of sp³-hybridized carbons (Fsp3) is 0.629. The highest BCUT2D eigenvalue weighted by molar-refractivity contribution is 7.80. The number of hydrogen-bond donors (Lipinski definition) is 3.